The number of benzene rings is 3. The Morgan fingerprint density at radius 2 is 1.45 bits per heavy atom. The highest BCUT2D eigenvalue weighted by molar-refractivity contribution is 5.94. The summed E-state index contributed by atoms with van der Waals surface area (Å²) < 4.78 is 0. The summed E-state index contributed by atoms with van der Waals surface area (Å²) in [5.41, 5.74) is 10.4. The minimum absolute atomic E-state index is 0.0433. The van der Waals surface area contributed by atoms with Crippen molar-refractivity contribution in [3.63, 3.8) is 0 Å². The molecule has 33 heavy (non-hydrogen) atoms. The quantitative estimate of drug-likeness (QED) is 0.462. The van der Waals surface area contributed by atoms with Gasteiger partial charge in [0.25, 0.3) is 5.91 Å². The second kappa shape index (κ2) is 10.5. The van der Waals surface area contributed by atoms with Gasteiger partial charge in [-0.25, -0.2) is 0 Å². The Bertz CT molecular complexity index is 1070. The number of nitrogens with one attached hydrogen (secondary N) is 1. The van der Waals surface area contributed by atoms with Gasteiger partial charge < -0.3 is 16.2 Å². The first-order chi connectivity index (χ1) is 15.6. The van der Waals surface area contributed by atoms with Gasteiger partial charge >= 0.3 is 5.97 Å². The van der Waals surface area contributed by atoms with Crippen molar-refractivity contribution in [1.29, 1.82) is 0 Å². The van der Waals surface area contributed by atoms with Gasteiger partial charge in [-0.2, -0.15) is 0 Å². The van der Waals surface area contributed by atoms with E-state index in [9.17, 15) is 9.59 Å². The summed E-state index contributed by atoms with van der Waals surface area (Å²) in [5, 5.41) is 12.0. The molecule has 0 aliphatic heterocycles. The molecule has 0 radical (unpaired) electrons. The highest BCUT2D eigenvalue weighted by atomic mass is 16.4. The smallest absolute Gasteiger partial charge is 0.320 e. The summed E-state index contributed by atoms with van der Waals surface area (Å²) in [5.74, 6) is -1.06. The second-order valence-corrected chi connectivity index (χ2v) is 9.46. The highest BCUT2D eigenvalue weighted by Gasteiger charge is 2.27. The summed E-state index contributed by atoms with van der Waals surface area (Å²) in [6, 6.07) is 24.8. The molecular weight excluding hydrogens is 412 g/mol. The average molecular weight is 445 g/mol. The van der Waals surface area contributed by atoms with Crippen LogP contribution in [0.2, 0.25) is 0 Å². The van der Waals surface area contributed by atoms with Gasteiger partial charge in [-0.1, -0.05) is 87.5 Å². The molecule has 3 aromatic rings. The van der Waals surface area contributed by atoms with E-state index in [0.717, 1.165) is 5.56 Å². The van der Waals surface area contributed by atoms with Crippen LogP contribution in [0.5, 0.6) is 0 Å². The summed E-state index contributed by atoms with van der Waals surface area (Å²) in [4.78, 5) is 23.7. The summed E-state index contributed by atoms with van der Waals surface area (Å²) >= 11 is 0. The van der Waals surface area contributed by atoms with Crippen LogP contribution in [-0.2, 0) is 11.2 Å². The number of hydrogen-bond acceptors (Lipinski definition) is 3. The van der Waals surface area contributed by atoms with E-state index in [1.165, 1.54) is 16.7 Å². The Morgan fingerprint density at radius 1 is 0.879 bits per heavy atom. The van der Waals surface area contributed by atoms with Crippen LogP contribution < -0.4 is 11.1 Å². The topological polar surface area (TPSA) is 92.4 Å². The van der Waals surface area contributed by atoms with Gasteiger partial charge in [0.2, 0.25) is 0 Å². The molecule has 0 heterocycles. The molecule has 0 fully saturated rings. The molecule has 0 saturated carbocycles. The largest absolute Gasteiger partial charge is 0.480 e. The number of carboxylic acid groups (broad SMARTS) is 1. The first-order valence-corrected chi connectivity index (χ1v) is 11.2. The summed E-state index contributed by atoms with van der Waals surface area (Å²) in [6.45, 7) is 7.04. The number of carboxylic acids is 1. The fourth-order valence-electron chi connectivity index (χ4n) is 3.89. The van der Waals surface area contributed by atoms with E-state index in [-0.39, 0.29) is 23.7 Å². The Balaban J connectivity index is 1.67. The lowest BCUT2D eigenvalue weighted by Gasteiger charge is -2.31. The van der Waals surface area contributed by atoms with Crippen molar-refractivity contribution >= 4 is 11.9 Å². The van der Waals surface area contributed by atoms with Crippen molar-refractivity contribution in [1.82, 2.24) is 5.32 Å². The van der Waals surface area contributed by atoms with Gasteiger partial charge in [0.15, 0.2) is 0 Å². The zero-order valence-electron chi connectivity index (χ0n) is 19.4. The molecule has 1 amide bonds. The van der Waals surface area contributed by atoms with E-state index in [1.807, 2.05) is 18.2 Å². The van der Waals surface area contributed by atoms with E-state index in [0.29, 0.717) is 12.1 Å². The van der Waals surface area contributed by atoms with E-state index in [4.69, 9.17) is 10.8 Å². The van der Waals surface area contributed by atoms with Gasteiger partial charge in [-0.3, -0.25) is 9.59 Å². The van der Waals surface area contributed by atoms with Crippen molar-refractivity contribution in [2.45, 2.75) is 39.2 Å². The third-order valence-electron chi connectivity index (χ3n) is 5.92. The van der Waals surface area contributed by atoms with Crippen LogP contribution >= 0.6 is 0 Å². The third kappa shape index (κ3) is 6.53. The van der Waals surface area contributed by atoms with E-state index in [1.54, 1.807) is 24.3 Å². The molecule has 0 aliphatic carbocycles. The predicted octanol–water partition coefficient (Wildman–Crippen LogP) is 4.87. The third-order valence-corrected chi connectivity index (χ3v) is 5.92. The van der Waals surface area contributed by atoms with Gasteiger partial charge in [-0.05, 0) is 46.2 Å². The fourth-order valence-corrected chi connectivity index (χ4v) is 3.89. The van der Waals surface area contributed by atoms with Gasteiger partial charge in [-0.15, -0.1) is 0 Å². The molecule has 4 N–H and O–H groups in total. The maximum atomic E-state index is 12.8. The van der Waals surface area contributed by atoms with Crippen molar-refractivity contribution in [3.8, 4) is 11.1 Å². The van der Waals surface area contributed by atoms with Crippen LogP contribution in [0.1, 0.15) is 48.2 Å². The molecular formula is C28H32N2O3. The SMILES string of the molecule is CC(C)(C)C(CNC(=O)c1ccc(CC(N)C(=O)O)cc1)c1ccc(-c2ccccc2)cc1. The lowest BCUT2D eigenvalue weighted by molar-refractivity contribution is -0.138. The van der Waals surface area contributed by atoms with Crippen LogP contribution in [0.3, 0.4) is 0 Å². The molecule has 3 rings (SSSR count). The monoisotopic (exact) mass is 444 g/mol. The van der Waals surface area contributed by atoms with E-state index >= 15 is 0 Å². The first kappa shape index (κ1) is 24.2. The van der Waals surface area contributed by atoms with Gasteiger partial charge in [0, 0.05) is 18.0 Å². The molecule has 172 valence electrons. The van der Waals surface area contributed by atoms with Crippen LogP contribution in [0.15, 0.2) is 78.9 Å². The molecule has 2 unspecified atom stereocenters. The number of hydrogen-bond donors (Lipinski definition) is 3. The van der Waals surface area contributed by atoms with Crippen molar-refractivity contribution < 1.29 is 14.7 Å². The van der Waals surface area contributed by atoms with Crippen molar-refractivity contribution in [3.05, 3.63) is 95.6 Å². The maximum absolute atomic E-state index is 12.8. The maximum Gasteiger partial charge on any atom is 0.320 e. The minimum atomic E-state index is -1.04. The Hall–Kier alpha value is -3.44. The number of rotatable bonds is 8. The van der Waals surface area contributed by atoms with Crippen LogP contribution in [0.4, 0.5) is 0 Å². The molecule has 0 aliphatic rings. The van der Waals surface area contributed by atoms with Crippen LogP contribution in [0.25, 0.3) is 11.1 Å². The van der Waals surface area contributed by atoms with E-state index < -0.39 is 12.0 Å². The van der Waals surface area contributed by atoms with Crippen molar-refractivity contribution in [2.24, 2.45) is 11.1 Å². The molecule has 2 atom stereocenters. The first-order valence-electron chi connectivity index (χ1n) is 11.2. The lowest BCUT2D eigenvalue weighted by atomic mass is 9.76. The Labute approximate surface area is 195 Å². The standard InChI is InChI=1S/C28H32N2O3/c1-28(2,3)24(22-15-13-21(14-16-22)20-7-5-4-6-8-20)18-30-26(31)23-11-9-19(10-12-23)17-25(29)27(32)33/h4-16,24-25H,17-18,29H2,1-3H3,(H,30,31)(H,32,33). The molecule has 0 spiro atoms. The average Bonchev–Trinajstić information content (AvgIpc) is 2.79. The number of aliphatic carboxylic acids is 1. The Morgan fingerprint density at radius 3 is 2.00 bits per heavy atom. The number of carbonyl (C=O) groups excluding carboxylic acids is 1. The van der Waals surface area contributed by atoms with Crippen LogP contribution in [-0.4, -0.2) is 29.6 Å². The fraction of sp³-hybridized carbons (Fsp3) is 0.286. The normalized spacial score (nSPS) is 13.2. The van der Waals surface area contributed by atoms with Gasteiger partial charge in [0.05, 0.1) is 0 Å². The summed E-state index contributed by atoms with van der Waals surface area (Å²) in [7, 11) is 0. The number of nitrogens with two attached hydrogens (primary N) is 1. The molecule has 5 nitrogen and oxygen atoms in total. The zero-order chi connectivity index (χ0) is 24.0. The molecule has 5 heteroatoms. The molecule has 0 bridgehead atoms. The minimum Gasteiger partial charge on any atom is -0.480 e. The lowest BCUT2D eigenvalue weighted by Crippen LogP contribution is -2.34. The molecule has 3 aromatic carbocycles. The number of carbonyl (C=O) groups is 2. The predicted molar refractivity (Wildman–Crippen MR) is 132 cm³/mol. The summed E-state index contributed by atoms with van der Waals surface area (Å²) in [6.07, 6.45) is 0.225. The zero-order valence-corrected chi connectivity index (χ0v) is 19.4. The molecule has 0 saturated heterocycles. The van der Waals surface area contributed by atoms with Gasteiger partial charge in [0.1, 0.15) is 6.04 Å². The van der Waals surface area contributed by atoms with Crippen LogP contribution in [0, 0.1) is 5.41 Å². The van der Waals surface area contributed by atoms with E-state index in [2.05, 4.69) is 62.5 Å². The van der Waals surface area contributed by atoms with Crippen molar-refractivity contribution in [2.75, 3.05) is 6.54 Å². The second-order valence-electron chi connectivity index (χ2n) is 9.46. The highest BCUT2D eigenvalue weighted by Crippen LogP contribution is 2.35. The number of amides is 1. The molecule has 0 aromatic heterocycles. The Kier molecular flexibility index (Phi) is 7.67.